The van der Waals surface area contributed by atoms with E-state index in [0.717, 1.165) is 43.4 Å². The van der Waals surface area contributed by atoms with E-state index in [4.69, 9.17) is 4.74 Å². The molecule has 0 atom stereocenters. The molecule has 0 unspecified atom stereocenters. The molecule has 3 rings (SSSR count). The number of rotatable bonds is 5. The summed E-state index contributed by atoms with van der Waals surface area (Å²) in [4.78, 5) is 14.4. The van der Waals surface area contributed by atoms with Crippen LogP contribution in [0.5, 0.6) is 0 Å². The zero-order chi connectivity index (χ0) is 17.6. The lowest BCUT2D eigenvalue weighted by atomic mass is 10.1. The number of halogens is 1. The molecule has 0 saturated carbocycles. The van der Waals surface area contributed by atoms with Crippen molar-refractivity contribution in [1.82, 2.24) is 0 Å². The van der Waals surface area contributed by atoms with Crippen LogP contribution >= 0.6 is 0 Å². The number of nitrogens with one attached hydrogen (secondary N) is 1. The molecule has 5 heteroatoms. The van der Waals surface area contributed by atoms with E-state index in [1.807, 2.05) is 19.1 Å². The van der Waals surface area contributed by atoms with Gasteiger partial charge in [-0.05, 0) is 55.5 Å². The van der Waals surface area contributed by atoms with Gasteiger partial charge in [-0.25, -0.2) is 4.39 Å². The molecule has 1 aliphatic heterocycles. The molecule has 0 radical (unpaired) electrons. The number of morpholine rings is 1. The summed E-state index contributed by atoms with van der Waals surface area (Å²) in [5, 5.41) is 3.21. The molecule has 0 aliphatic carbocycles. The lowest BCUT2D eigenvalue weighted by Gasteiger charge is -2.29. The number of carbonyl (C=O) groups excluding carboxylic acids is 1. The third kappa shape index (κ3) is 4.67. The average molecular weight is 340 g/mol. The molecule has 130 valence electrons. The number of hydrogen-bond acceptors (Lipinski definition) is 4. The second kappa shape index (κ2) is 7.94. The van der Waals surface area contributed by atoms with Gasteiger partial charge in [0.2, 0.25) is 0 Å². The van der Waals surface area contributed by atoms with Gasteiger partial charge in [-0.15, -0.1) is 0 Å². The molecule has 2 aromatic rings. The highest BCUT2D eigenvalue weighted by Gasteiger charge is 2.10. The zero-order valence-electron chi connectivity index (χ0n) is 14.2. The molecule has 0 bridgehead atoms. The van der Waals surface area contributed by atoms with Crippen molar-refractivity contribution in [1.29, 1.82) is 0 Å². The van der Waals surface area contributed by atoms with Gasteiger partial charge in [-0.1, -0.05) is 0 Å². The minimum Gasteiger partial charge on any atom is -0.378 e. The second-order valence-electron chi connectivity index (χ2n) is 5.97. The number of anilines is 2. The van der Waals surface area contributed by atoms with Crippen LogP contribution in [0.25, 0.3) is 0 Å². The van der Waals surface area contributed by atoms with Crippen LogP contribution in [0.1, 0.15) is 17.3 Å². The molecule has 0 aromatic heterocycles. The molecule has 2 aromatic carbocycles. The number of ether oxygens (including phenoxy) is 1. The van der Waals surface area contributed by atoms with E-state index < -0.39 is 0 Å². The Bertz CT molecular complexity index is 748. The quantitative estimate of drug-likeness (QED) is 0.663. The average Bonchev–Trinajstić information content (AvgIpc) is 2.63. The Balaban J connectivity index is 1.62. The van der Waals surface area contributed by atoms with Crippen molar-refractivity contribution in [2.24, 2.45) is 0 Å². The minimum atomic E-state index is -0.351. The molecule has 1 saturated heterocycles. The summed E-state index contributed by atoms with van der Waals surface area (Å²) in [6.45, 7) is 5.15. The summed E-state index contributed by atoms with van der Waals surface area (Å²) in [6, 6.07) is 13.6. The number of benzene rings is 2. The van der Waals surface area contributed by atoms with Gasteiger partial charge in [-0.3, -0.25) is 4.79 Å². The summed E-state index contributed by atoms with van der Waals surface area (Å²) in [5.74, 6) is -0.509. The summed E-state index contributed by atoms with van der Waals surface area (Å²) in [6.07, 6.45) is 1.52. The minimum absolute atomic E-state index is 0.157. The Kier molecular flexibility index (Phi) is 5.46. The third-order valence-electron chi connectivity index (χ3n) is 4.06. The van der Waals surface area contributed by atoms with E-state index in [0.29, 0.717) is 5.56 Å². The Morgan fingerprint density at radius 1 is 1.08 bits per heavy atom. The van der Waals surface area contributed by atoms with E-state index in [2.05, 4.69) is 22.3 Å². The van der Waals surface area contributed by atoms with Crippen molar-refractivity contribution < 1.29 is 13.9 Å². The molecular formula is C20H21FN2O2. The van der Waals surface area contributed by atoms with Crippen molar-refractivity contribution in [3.63, 3.8) is 0 Å². The van der Waals surface area contributed by atoms with Gasteiger partial charge >= 0.3 is 0 Å². The molecular weight excluding hydrogens is 319 g/mol. The van der Waals surface area contributed by atoms with Gasteiger partial charge in [0.05, 0.1) is 13.2 Å². The summed E-state index contributed by atoms with van der Waals surface area (Å²) >= 11 is 0. The standard InChI is InChI=1S/C20H21FN2O2/c1-15(14-20(24)16-2-4-17(21)5-3-16)22-18-6-8-19(9-7-18)23-10-12-25-13-11-23/h2-9,14,22H,10-13H2,1H3/b15-14+. The van der Waals surface area contributed by atoms with Gasteiger partial charge in [0.1, 0.15) is 5.82 Å². The molecule has 1 aliphatic rings. The number of ketones is 1. The van der Waals surface area contributed by atoms with Crippen molar-refractivity contribution in [2.45, 2.75) is 6.92 Å². The maximum Gasteiger partial charge on any atom is 0.187 e. The molecule has 0 spiro atoms. The monoisotopic (exact) mass is 340 g/mol. The first kappa shape index (κ1) is 17.2. The SMILES string of the molecule is C/C(=C\C(=O)c1ccc(F)cc1)Nc1ccc(N2CCOCC2)cc1. The van der Waals surface area contributed by atoms with Crippen molar-refractivity contribution in [3.8, 4) is 0 Å². The normalized spacial score (nSPS) is 15.1. The topological polar surface area (TPSA) is 41.6 Å². The Morgan fingerprint density at radius 3 is 2.36 bits per heavy atom. The largest absolute Gasteiger partial charge is 0.378 e. The van der Waals surface area contributed by atoms with Crippen LogP contribution in [-0.2, 0) is 4.74 Å². The Labute approximate surface area is 146 Å². The highest BCUT2D eigenvalue weighted by Crippen LogP contribution is 2.20. The van der Waals surface area contributed by atoms with E-state index in [9.17, 15) is 9.18 Å². The molecule has 4 nitrogen and oxygen atoms in total. The molecule has 1 N–H and O–H groups in total. The van der Waals surface area contributed by atoms with Crippen LogP contribution in [0, 0.1) is 5.82 Å². The third-order valence-corrected chi connectivity index (χ3v) is 4.06. The van der Waals surface area contributed by atoms with Gasteiger partial charge in [-0.2, -0.15) is 0 Å². The predicted molar refractivity (Wildman–Crippen MR) is 97.6 cm³/mol. The lowest BCUT2D eigenvalue weighted by molar-refractivity contribution is 0.104. The molecule has 0 amide bonds. The number of hydrogen-bond donors (Lipinski definition) is 1. The first-order chi connectivity index (χ1) is 12.1. The molecule has 1 heterocycles. The number of allylic oxidation sites excluding steroid dienone is 2. The van der Waals surface area contributed by atoms with Crippen LogP contribution in [0.15, 0.2) is 60.3 Å². The summed E-state index contributed by atoms with van der Waals surface area (Å²) < 4.78 is 18.3. The highest BCUT2D eigenvalue weighted by atomic mass is 19.1. The van der Waals surface area contributed by atoms with Crippen LogP contribution in [0.4, 0.5) is 15.8 Å². The summed E-state index contributed by atoms with van der Waals surface area (Å²) in [5.41, 5.74) is 3.27. The van der Waals surface area contributed by atoms with E-state index in [1.54, 1.807) is 0 Å². The maximum absolute atomic E-state index is 12.9. The predicted octanol–water partition coefficient (Wildman–Crippen LogP) is 3.86. The van der Waals surface area contributed by atoms with Crippen molar-refractivity contribution in [2.75, 3.05) is 36.5 Å². The number of nitrogens with zero attached hydrogens (tertiary/aromatic N) is 1. The van der Waals surface area contributed by atoms with Crippen molar-refractivity contribution >= 4 is 17.2 Å². The Hall–Kier alpha value is -2.66. The van der Waals surface area contributed by atoms with E-state index >= 15 is 0 Å². The second-order valence-corrected chi connectivity index (χ2v) is 5.97. The lowest BCUT2D eigenvalue weighted by Crippen LogP contribution is -2.36. The highest BCUT2D eigenvalue weighted by molar-refractivity contribution is 6.05. The maximum atomic E-state index is 12.9. The van der Waals surface area contributed by atoms with Gasteiger partial charge in [0.25, 0.3) is 0 Å². The van der Waals surface area contributed by atoms with Crippen LogP contribution in [0.2, 0.25) is 0 Å². The zero-order valence-corrected chi connectivity index (χ0v) is 14.2. The number of carbonyl (C=O) groups is 1. The Morgan fingerprint density at radius 2 is 1.72 bits per heavy atom. The smallest absolute Gasteiger partial charge is 0.187 e. The van der Waals surface area contributed by atoms with E-state index in [1.165, 1.54) is 30.3 Å². The van der Waals surface area contributed by atoms with Crippen LogP contribution in [0.3, 0.4) is 0 Å². The molecule has 25 heavy (non-hydrogen) atoms. The van der Waals surface area contributed by atoms with Gasteiger partial charge < -0.3 is 15.0 Å². The fourth-order valence-electron chi connectivity index (χ4n) is 2.74. The first-order valence-corrected chi connectivity index (χ1v) is 8.30. The van der Waals surface area contributed by atoms with Crippen LogP contribution in [-0.4, -0.2) is 32.1 Å². The molecule has 1 fully saturated rings. The van der Waals surface area contributed by atoms with Crippen LogP contribution < -0.4 is 10.2 Å². The van der Waals surface area contributed by atoms with E-state index in [-0.39, 0.29) is 11.6 Å². The van der Waals surface area contributed by atoms with Crippen molar-refractivity contribution in [3.05, 3.63) is 71.7 Å². The fourth-order valence-corrected chi connectivity index (χ4v) is 2.74. The first-order valence-electron chi connectivity index (χ1n) is 8.30. The van der Waals surface area contributed by atoms with Gasteiger partial charge in [0.15, 0.2) is 5.78 Å². The van der Waals surface area contributed by atoms with Gasteiger partial charge in [0, 0.05) is 41.8 Å². The summed E-state index contributed by atoms with van der Waals surface area (Å²) in [7, 11) is 0. The fraction of sp³-hybridized carbons (Fsp3) is 0.250.